The Hall–Kier alpha value is -8.23. The third-order valence-corrected chi connectivity index (χ3v) is 15.4. The van der Waals surface area contributed by atoms with Crippen molar-refractivity contribution in [1.82, 2.24) is 29.7 Å². The van der Waals surface area contributed by atoms with Crippen LogP contribution >= 0.6 is 58.0 Å². The summed E-state index contributed by atoms with van der Waals surface area (Å²) in [4.78, 5) is 67.0. The monoisotopic (exact) mass is 1320 g/mol. The van der Waals surface area contributed by atoms with E-state index in [4.69, 9.17) is 90.5 Å². The second-order valence-electron chi connectivity index (χ2n) is 20.2. The van der Waals surface area contributed by atoms with Crippen molar-refractivity contribution in [3.63, 3.8) is 0 Å². The predicted molar refractivity (Wildman–Crippen MR) is 333 cm³/mol. The SMILES string of the molecule is CC[C@@H](N)[C@H](C)N1C(=O)c2ccccc2C1=O.CC[C@@H](Nc1nc(Cl)c(C#N)cc1F)C(C)C.CC[C@@H](Nc1nc(Cl)c(C#N)cc1F)[C@H](C)N.CC[C@@H](Nc1nc(Cl)c(C#N)cc1F)[C@H](C)N1C(=O)c2ccccc2C1=O.N#Cc1cc(F)c(Cl)nc1Cl. The number of pyridine rings is 4. The molecular formula is C61H62Cl5F4N15O4. The molecule has 0 spiro atoms. The van der Waals surface area contributed by atoms with Gasteiger partial charge in [0.05, 0.1) is 56.6 Å². The molecule has 0 fully saturated rings. The number of aromatic nitrogens is 4. The minimum absolute atomic E-state index is 0.0172. The Kier molecular flexibility index (Phi) is 27.9. The number of nitriles is 4. The quantitative estimate of drug-likeness (QED) is 0.0342. The normalized spacial score (nSPS) is 14.3. The van der Waals surface area contributed by atoms with Crippen LogP contribution in [0.4, 0.5) is 35.0 Å². The van der Waals surface area contributed by atoms with Gasteiger partial charge in [0.1, 0.15) is 44.9 Å². The van der Waals surface area contributed by atoms with E-state index in [0.29, 0.717) is 34.6 Å². The van der Waals surface area contributed by atoms with Gasteiger partial charge in [0.2, 0.25) is 0 Å². The summed E-state index contributed by atoms with van der Waals surface area (Å²) in [5, 5.41) is 42.9. The van der Waals surface area contributed by atoms with E-state index in [2.05, 4.69) is 35.9 Å². The van der Waals surface area contributed by atoms with Gasteiger partial charge in [0, 0.05) is 30.2 Å². The lowest BCUT2D eigenvalue weighted by Gasteiger charge is -2.31. The highest BCUT2D eigenvalue weighted by Gasteiger charge is 2.41. The topological polar surface area (TPSA) is 310 Å². The van der Waals surface area contributed by atoms with Crippen molar-refractivity contribution < 1.29 is 36.7 Å². The number of rotatable bonds is 16. The zero-order valence-electron chi connectivity index (χ0n) is 49.5. The second-order valence-corrected chi connectivity index (χ2v) is 22.0. The summed E-state index contributed by atoms with van der Waals surface area (Å²) in [5.41, 5.74) is 13.3. The largest absolute Gasteiger partial charge is 0.365 e. The van der Waals surface area contributed by atoms with Crippen LogP contribution in [0.3, 0.4) is 0 Å². The Balaban J connectivity index is 0.000000245. The highest BCUT2D eigenvalue weighted by molar-refractivity contribution is 6.33. The molecule has 4 aromatic heterocycles. The summed E-state index contributed by atoms with van der Waals surface area (Å²) >= 11 is 28.1. The van der Waals surface area contributed by atoms with Gasteiger partial charge in [-0.2, -0.15) is 21.0 Å². The molecule has 6 heterocycles. The number of nitrogens with one attached hydrogen (secondary N) is 3. The van der Waals surface area contributed by atoms with Gasteiger partial charge in [0.15, 0.2) is 45.9 Å². The van der Waals surface area contributed by atoms with Crippen LogP contribution in [0.1, 0.15) is 152 Å². The number of nitrogens with zero attached hydrogens (tertiary/aromatic N) is 10. The third-order valence-electron chi connectivity index (χ3n) is 14.0. The first kappa shape index (κ1) is 73.2. The molecule has 0 bridgehead atoms. The zero-order valence-corrected chi connectivity index (χ0v) is 53.3. The molecule has 0 saturated carbocycles. The van der Waals surface area contributed by atoms with Crippen molar-refractivity contribution in [1.29, 1.82) is 21.0 Å². The average Bonchev–Trinajstić information content (AvgIpc) is 1.73. The van der Waals surface area contributed by atoms with Gasteiger partial charge in [-0.3, -0.25) is 29.0 Å². The maximum Gasteiger partial charge on any atom is 0.261 e. The molecule has 0 unspecified atom stereocenters. The molecule has 7 N–H and O–H groups in total. The number of nitrogens with two attached hydrogens (primary N) is 2. The van der Waals surface area contributed by atoms with Crippen LogP contribution in [0.15, 0.2) is 72.8 Å². The average molecular weight is 1320 g/mol. The molecule has 0 saturated heterocycles. The summed E-state index contributed by atoms with van der Waals surface area (Å²) < 4.78 is 54.0. The van der Waals surface area contributed by atoms with Crippen molar-refractivity contribution in [3.8, 4) is 24.3 Å². The van der Waals surface area contributed by atoms with Crippen LogP contribution in [0.2, 0.25) is 25.8 Å². The standard InChI is InChI=1S/C19H16ClFN4O2.C13H16N2O2.C12H15ClFN3.C11H14ClFN4.C6HCl2FN2/c1-3-15(23-17-14(21)8-11(9-22)16(20)24-17)10(2)25-18(26)12-6-4-5-7-13(12)19(25)27;1-3-11(14)8(2)15-12(16)9-6-4-5-7-10(9)13(15)17;1-4-10(7(2)3)16-12-9(14)5-8(6-15)11(13)17-12;1-3-9(6(2)15)16-11-8(13)4-7(5-14)10(12)17-11;7-5-3(2-10)1-4(9)6(8)11-5/h4-8,10,15H,3H2,1-2H3,(H,23,24);4-8,11H,3,14H2,1-2H3;5,7,10H,4H2,1-3H3,(H,16,17);4,6,9H,3,15H2,1-2H3,(H,16,17);1H/t10-,15+;8-,11+;10-;6-,9+;/m0010./s1. The van der Waals surface area contributed by atoms with E-state index in [1.165, 1.54) is 9.80 Å². The van der Waals surface area contributed by atoms with Gasteiger partial charge in [-0.25, -0.2) is 37.5 Å². The first-order valence-electron chi connectivity index (χ1n) is 27.5. The zero-order chi connectivity index (χ0) is 66.7. The second kappa shape index (κ2) is 33.9. The highest BCUT2D eigenvalue weighted by Crippen LogP contribution is 2.30. The van der Waals surface area contributed by atoms with Crippen LogP contribution in [-0.4, -0.2) is 95.7 Å². The highest BCUT2D eigenvalue weighted by atomic mass is 35.5. The number of benzene rings is 2. The van der Waals surface area contributed by atoms with Crippen LogP contribution in [-0.2, 0) is 0 Å². The van der Waals surface area contributed by atoms with Gasteiger partial charge in [-0.15, -0.1) is 0 Å². The smallest absolute Gasteiger partial charge is 0.261 e. The van der Waals surface area contributed by atoms with E-state index in [9.17, 15) is 36.7 Å². The molecule has 468 valence electrons. The van der Waals surface area contributed by atoms with E-state index in [1.807, 2.05) is 55.4 Å². The fourth-order valence-electron chi connectivity index (χ4n) is 8.77. The van der Waals surface area contributed by atoms with Crippen LogP contribution in [0.25, 0.3) is 0 Å². The number of carbonyl (C=O) groups excluding carboxylic acids is 4. The number of halogens is 9. The molecule has 2 aliphatic rings. The van der Waals surface area contributed by atoms with Crippen molar-refractivity contribution in [2.75, 3.05) is 16.0 Å². The maximum absolute atomic E-state index is 14.2. The van der Waals surface area contributed by atoms with E-state index >= 15 is 0 Å². The number of hydrogen-bond donors (Lipinski definition) is 5. The lowest BCUT2D eigenvalue weighted by atomic mass is 10.0. The Morgan fingerprint density at radius 2 is 0.742 bits per heavy atom. The van der Waals surface area contributed by atoms with Crippen molar-refractivity contribution >= 4 is 99.1 Å². The molecule has 4 amide bonds. The molecule has 0 radical (unpaired) electrons. The van der Waals surface area contributed by atoms with Gasteiger partial charge in [-0.1, -0.05) is 124 Å². The minimum Gasteiger partial charge on any atom is -0.365 e. The summed E-state index contributed by atoms with van der Waals surface area (Å²) in [6.07, 6.45) is 2.81. The Morgan fingerprint density at radius 3 is 1.03 bits per heavy atom. The van der Waals surface area contributed by atoms with E-state index in [0.717, 1.165) is 43.5 Å². The van der Waals surface area contributed by atoms with Crippen molar-refractivity contribution in [3.05, 3.63) is 166 Å². The fraction of sp³-hybridized carbons (Fsp3) is 0.344. The number of fused-ring (bicyclic) bond motifs is 2. The molecule has 6 aromatic rings. The molecule has 19 nitrogen and oxygen atoms in total. The minimum atomic E-state index is -0.743. The number of hydrogen-bond acceptors (Lipinski definition) is 17. The molecule has 28 heteroatoms. The molecule has 0 aliphatic carbocycles. The summed E-state index contributed by atoms with van der Waals surface area (Å²) in [7, 11) is 0. The predicted octanol–water partition coefficient (Wildman–Crippen LogP) is 13.3. The van der Waals surface area contributed by atoms with Gasteiger partial charge < -0.3 is 27.4 Å². The Labute approximate surface area is 537 Å². The summed E-state index contributed by atoms with van der Waals surface area (Å²) in [5.74, 6) is -3.50. The summed E-state index contributed by atoms with van der Waals surface area (Å²) in [6, 6.07) is 23.0. The van der Waals surface area contributed by atoms with Crippen LogP contribution < -0.4 is 27.4 Å². The number of anilines is 3. The van der Waals surface area contributed by atoms with Crippen LogP contribution in [0, 0.1) is 74.5 Å². The first-order valence-corrected chi connectivity index (χ1v) is 29.4. The number of amides is 4. The first-order chi connectivity index (χ1) is 42.1. The van der Waals surface area contributed by atoms with E-state index < -0.39 is 35.4 Å². The Bertz CT molecular complexity index is 3590. The lowest BCUT2D eigenvalue weighted by Crippen LogP contribution is -2.48. The van der Waals surface area contributed by atoms with E-state index in [1.54, 1.807) is 79.7 Å². The Morgan fingerprint density at radius 1 is 0.449 bits per heavy atom. The lowest BCUT2D eigenvalue weighted by molar-refractivity contribution is 0.0561. The van der Waals surface area contributed by atoms with E-state index in [-0.39, 0.29) is 119 Å². The van der Waals surface area contributed by atoms with Crippen molar-refractivity contribution in [2.45, 2.75) is 130 Å². The summed E-state index contributed by atoms with van der Waals surface area (Å²) in [6.45, 7) is 17.2. The molecule has 8 rings (SSSR count). The number of imide groups is 2. The van der Waals surface area contributed by atoms with Gasteiger partial charge in [-0.05, 0) is 101 Å². The van der Waals surface area contributed by atoms with Crippen molar-refractivity contribution in [2.24, 2.45) is 17.4 Å². The molecular weight excluding hydrogens is 1260 g/mol. The molecule has 2 aromatic carbocycles. The number of carbonyl (C=O) groups is 4. The molecule has 89 heavy (non-hydrogen) atoms. The van der Waals surface area contributed by atoms with Gasteiger partial charge in [0.25, 0.3) is 23.6 Å². The molecule has 2 aliphatic heterocycles. The van der Waals surface area contributed by atoms with Crippen LogP contribution in [0.5, 0.6) is 0 Å². The molecule has 7 atom stereocenters. The maximum atomic E-state index is 14.2. The fourth-order valence-corrected chi connectivity index (χ4v) is 9.67. The third kappa shape index (κ3) is 18.4. The van der Waals surface area contributed by atoms with Gasteiger partial charge >= 0.3 is 0 Å².